The van der Waals surface area contributed by atoms with Crippen LogP contribution in [-0.4, -0.2) is 31.6 Å². The van der Waals surface area contributed by atoms with Crippen LogP contribution in [0.2, 0.25) is 0 Å². The standard InChI is InChI=1S/C13H16INO/c1-15-8-6-11(7-9-15)10-16-13-5-3-2-4-12(13)14/h2-6H,7-10H2,1H3. The lowest BCUT2D eigenvalue weighted by Gasteiger charge is -2.22. The number of hydrogen-bond acceptors (Lipinski definition) is 2. The number of rotatable bonds is 3. The van der Waals surface area contributed by atoms with Gasteiger partial charge in [0, 0.05) is 13.1 Å². The minimum atomic E-state index is 0.730. The fraction of sp³-hybridized carbons (Fsp3) is 0.385. The summed E-state index contributed by atoms with van der Waals surface area (Å²) in [7, 11) is 2.15. The van der Waals surface area contributed by atoms with Gasteiger partial charge in [0.15, 0.2) is 0 Å². The van der Waals surface area contributed by atoms with Gasteiger partial charge in [-0.15, -0.1) is 0 Å². The first-order valence-corrected chi connectivity index (χ1v) is 6.57. The molecule has 0 spiro atoms. The Balaban J connectivity index is 1.91. The molecule has 0 aliphatic carbocycles. The average molecular weight is 329 g/mol. The van der Waals surface area contributed by atoms with E-state index >= 15 is 0 Å². The van der Waals surface area contributed by atoms with Gasteiger partial charge in [-0.1, -0.05) is 18.2 Å². The molecule has 0 radical (unpaired) electrons. The van der Waals surface area contributed by atoms with Gasteiger partial charge < -0.3 is 9.64 Å². The third-order valence-corrected chi connectivity index (χ3v) is 3.65. The lowest BCUT2D eigenvalue weighted by atomic mass is 10.1. The molecule has 86 valence electrons. The zero-order valence-electron chi connectivity index (χ0n) is 9.45. The van der Waals surface area contributed by atoms with Crippen LogP contribution < -0.4 is 4.74 Å². The highest BCUT2D eigenvalue weighted by Gasteiger charge is 2.08. The molecule has 0 unspecified atom stereocenters. The lowest BCUT2D eigenvalue weighted by molar-refractivity contribution is 0.312. The molecule has 0 saturated heterocycles. The quantitative estimate of drug-likeness (QED) is 0.625. The van der Waals surface area contributed by atoms with E-state index in [0.717, 1.165) is 31.9 Å². The van der Waals surface area contributed by atoms with Crippen LogP contribution in [0.3, 0.4) is 0 Å². The second-order valence-corrected chi connectivity index (χ2v) is 5.26. The van der Waals surface area contributed by atoms with Crippen LogP contribution in [-0.2, 0) is 0 Å². The molecule has 1 heterocycles. The second kappa shape index (κ2) is 5.68. The Morgan fingerprint density at radius 1 is 1.38 bits per heavy atom. The molecular formula is C13H16INO. The molecule has 0 saturated carbocycles. The molecule has 0 atom stereocenters. The molecule has 0 N–H and O–H groups in total. The first-order chi connectivity index (χ1) is 7.75. The zero-order valence-corrected chi connectivity index (χ0v) is 11.6. The van der Waals surface area contributed by atoms with E-state index < -0.39 is 0 Å². The maximum atomic E-state index is 5.82. The molecule has 1 aliphatic rings. The Kier molecular flexibility index (Phi) is 4.23. The second-order valence-electron chi connectivity index (χ2n) is 4.09. The van der Waals surface area contributed by atoms with Gasteiger partial charge >= 0.3 is 0 Å². The van der Waals surface area contributed by atoms with E-state index in [1.54, 1.807) is 0 Å². The van der Waals surface area contributed by atoms with Crippen molar-refractivity contribution < 1.29 is 4.74 Å². The van der Waals surface area contributed by atoms with Gasteiger partial charge in [-0.25, -0.2) is 0 Å². The molecule has 0 aromatic heterocycles. The highest BCUT2D eigenvalue weighted by Crippen LogP contribution is 2.21. The fourth-order valence-electron chi connectivity index (χ4n) is 1.68. The van der Waals surface area contributed by atoms with Crippen LogP contribution in [0.15, 0.2) is 35.9 Å². The van der Waals surface area contributed by atoms with Crippen LogP contribution in [0, 0.1) is 3.57 Å². The average Bonchev–Trinajstić information content (AvgIpc) is 2.30. The molecule has 3 heteroatoms. The normalized spacial score (nSPS) is 17.0. The number of benzene rings is 1. The Labute approximate surface area is 110 Å². The predicted molar refractivity (Wildman–Crippen MR) is 74.9 cm³/mol. The van der Waals surface area contributed by atoms with E-state index in [0.29, 0.717) is 0 Å². The SMILES string of the molecule is CN1CC=C(COc2ccccc2I)CC1. The van der Waals surface area contributed by atoms with Crippen molar-refractivity contribution in [3.8, 4) is 5.75 Å². The van der Waals surface area contributed by atoms with Crippen molar-refractivity contribution in [3.63, 3.8) is 0 Å². The van der Waals surface area contributed by atoms with Gasteiger partial charge in [0.05, 0.1) is 3.57 Å². The molecule has 16 heavy (non-hydrogen) atoms. The summed E-state index contributed by atoms with van der Waals surface area (Å²) in [6.07, 6.45) is 3.40. The number of halogens is 1. The molecular weight excluding hydrogens is 313 g/mol. The van der Waals surface area contributed by atoms with E-state index in [9.17, 15) is 0 Å². The third kappa shape index (κ3) is 3.22. The molecule has 1 aliphatic heterocycles. The first kappa shape index (κ1) is 11.9. The van der Waals surface area contributed by atoms with Crippen molar-refractivity contribution in [2.24, 2.45) is 0 Å². The van der Waals surface area contributed by atoms with Gasteiger partial charge in [-0.05, 0) is 53.8 Å². The number of likely N-dealkylation sites (N-methyl/N-ethyl adjacent to an activating group) is 1. The smallest absolute Gasteiger partial charge is 0.133 e. The molecule has 2 rings (SSSR count). The van der Waals surface area contributed by atoms with Crippen LogP contribution in [0.25, 0.3) is 0 Å². The number of nitrogens with zero attached hydrogens (tertiary/aromatic N) is 1. The Morgan fingerprint density at radius 2 is 2.19 bits per heavy atom. The van der Waals surface area contributed by atoms with E-state index in [1.807, 2.05) is 18.2 Å². The summed E-state index contributed by atoms with van der Waals surface area (Å²) in [5, 5.41) is 0. The van der Waals surface area contributed by atoms with Gasteiger partial charge in [0.25, 0.3) is 0 Å². The fourth-order valence-corrected chi connectivity index (χ4v) is 2.22. The van der Waals surface area contributed by atoms with Crippen molar-refractivity contribution >= 4 is 22.6 Å². The van der Waals surface area contributed by atoms with Gasteiger partial charge in [-0.3, -0.25) is 0 Å². The topological polar surface area (TPSA) is 12.5 Å². The van der Waals surface area contributed by atoms with Crippen molar-refractivity contribution in [3.05, 3.63) is 39.5 Å². The van der Waals surface area contributed by atoms with E-state index in [4.69, 9.17) is 4.74 Å². The van der Waals surface area contributed by atoms with E-state index in [1.165, 1.54) is 9.14 Å². The molecule has 2 nitrogen and oxygen atoms in total. The van der Waals surface area contributed by atoms with Crippen molar-refractivity contribution in [1.29, 1.82) is 0 Å². The molecule has 0 amide bonds. The Hall–Kier alpha value is -0.550. The Bertz CT molecular complexity index is 389. The summed E-state index contributed by atoms with van der Waals surface area (Å²) >= 11 is 2.31. The van der Waals surface area contributed by atoms with Gasteiger partial charge in [0.2, 0.25) is 0 Å². The number of para-hydroxylation sites is 1. The van der Waals surface area contributed by atoms with Crippen molar-refractivity contribution in [2.45, 2.75) is 6.42 Å². The van der Waals surface area contributed by atoms with Crippen LogP contribution in [0.1, 0.15) is 6.42 Å². The monoisotopic (exact) mass is 329 g/mol. The highest BCUT2D eigenvalue weighted by atomic mass is 127. The molecule has 0 bridgehead atoms. The van der Waals surface area contributed by atoms with Gasteiger partial charge in [0.1, 0.15) is 12.4 Å². The Morgan fingerprint density at radius 3 is 2.88 bits per heavy atom. The minimum absolute atomic E-state index is 0.730. The van der Waals surface area contributed by atoms with Gasteiger partial charge in [-0.2, -0.15) is 0 Å². The molecule has 1 aromatic carbocycles. The lowest BCUT2D eigenvalue weighted by Crippen LogP contribution is -2.25. The summed E-state index contributed by atoms with van der Waals surface area (Å²) in [5.74, 6) is 0.989. The first-order valence-electron chi connectivity index (χ1n) is 5.49. The van der Waals surface area contributed by atoms with E-state index in [2.05, 4.69) is 46.7 Å². The summed E-state index contributed by atoms with van der Waals surface area (Å²) in [6.45, 7) is 2.92. The minimum Gasteiger partial charge on any atom is -0.488 e. The van der Waals surface area contributed by atoms with Crippen LogP contribution >= 0.6 is 22.6 Å². The van der Waals surface area contributed by atoms with Crippen LogP contribution in [0.5, 0.6) is 5.75 Å². The third-order valence-electron chi connectivity index (χ3n) is 2.76. The summed E-state index contributed by atoms with van der Waals surface area (Å²) in [6, 6.07) is 8.14. The van der Waals surface area contributed by atoms with E-state index in [-0.39, 0.29) is 0 Å². The number of hydrogen-bond donors (Lipinski definition) is 0. The highest BCUT2D eigenvalue weighted by molar-refractivity contribution is 14.1. The van der Waals surface area contributed by atoms with Crippen molar-refractivity contribution in [2.75, 3.05) is 26.7 Å². The largest absolute Gasteiger partial charge is 0.488 e. The van der Waals surface area contributed by atoms with Crippen LogP contribution in [0.4, 0.5) is 0 Å². The predicted octanol–water partition coefficient (Wildman–Crippen LogP) is 2.93. The molecule has 0 fully saturated rings. The number of ether oxygens (including phenoxy) is 1. The maximum Gasteiger partial charge on any atom is 0.133 e. The summed E-state index contributed by atoms with van der Waals surface area (Å²) in [5.41, 5.74) is 1.41. The summed E-state index contributed by atoms with van der Waals surface area (Å²) in [4.78, 5) is 2.32. The summed E-state index contributed by atoms with van der Waals surface area (Å²) < 4.78 is 6.99. The zero-order chi connectivity index (χ0) is 11.4. The molecule has 1 aromatic rings. The van der Waals surface area contributed by atoms with Crippen molar-refractivity contribution in [1.82, 2.24) is 4.90 Å². The maximum absolute atomic E-state index is 5.82.